The third-order valence-electron chi connectivity index (χ3n) is 2.94. The molecule has 1 N–H and O–H groups in total. The first-order valence-electron chi connectivity index (χ1n) is 5.75. The largest absolute Gasteiger partial charge is 0.317 e. The molecule has 0 unspecified atom stereocenters. The molecule has 17 heavy (non-hydrogen) atoms. The molecule has 1 fully saturated rings. The van der Waals surface area contributed by atoms with Gasteiger partial charge in [-0.25, -0.2) is 4.98 Å². The van der Waals surface area contributed by atoms with Gasteiger partial charge in [0.2, 0.25) is 0 Å². The van der Waals surface area contributed by atoms with Crippen molar-refractivity contribution in [2.24, 2.45) is 5.92 Å². The van der Waals surface area contributed by atoms with Crippen LogP contribution in [0.5, 0.6) is 0 Å². The third kappa shape index (κ3) is 3.35. The van der Waals surface area contributed by atoms with Crippen LogP contribution in [0, 0.1) is 17.2 Å². The number of hydrogen-bond donors (Lipinski definition) is 1. The molecular formula is C12H15N3OS. The lowest BCUT2D eigenvalue weighted by Crippen LogP contribution is -2.30. The topological polar surface area (TPSA) is 65.8 Å². The fourth-order valence-electron chi connectivity index (χ4n) is 1.93. The highest BCUT2D eigenvalue weighted by atomic mass is 32.2. The standard InChI is InChI=1S/C12H15N3OS/c13-7-11-1-2-12(15-8-11)17(16)9-10-3-5-14-6-4-10/h1-2,8,10,14H,3-6,9H2/t17-/m1/s1. The molecule has 1 aromatic rings. The highest BCUT2D eigenvalue weighted by Gasteiger charge is 2.17. The van der Waals surface area contributed by atoms with Gasteiger partial charge in [0.25, 0.3) is 0 Å². The van der Waals surface area contributed by atoms with E-state index in [1.807, 2.05) is 6.07 Å². The molecule has 0 amide bonds. The van der Waals surface area contributed by atoms with E-state index in [0.29, 0.717) is 22.3 Å². The van der Waals surface area contributed by atoms with Crippen LogP contribution in [0.3, 0.4) is 0 Å². The van der Waals surface area contributed by atoms with Crippen molar-refractivity contribution in [1.82, 2.24) is 10.3 Å². The molecule has 2 heterocycles. The van der Waals surface area contributed by atoms with Gasteiger partial charge in [-0.3, -0.25) is 4.21 Å². The molecule has 0 aromatic carbocycles. The Morgan fingerprint density at radius 2 is 2.24 bits per heavy atom. The predicted octanol–water partition coefficient (Wildman–Crippen LogP) is 1.06. The molecule has 2 rings (SSSR count). The van der Waals surface area contributed by atoms with E-state index in [2.05, 4.69) is 10.3 Å². The second kappa shape index (κ2) is 5.89. The van der Waals surface area contributed by atoms with Crippen molar-refractivity contribution in [2.45, 2.75) is 17.9 Å². The van der Waals surface area contributed by atoms with Gasteiger partial charge in [-0.1, -0.05) is 0 Å². The Labute approximate surface area is 104 Å². The minimum atomic E-state index is -1.04. The second-order valence-electron chi connectivity index (χ2n) is 4.20. The van der Waals surface area contributed by atoms with Gasteiger partial charge in [-0.15, -0.1) is 0 Å². The van der Waals surface area contributed by atoms with E-state index in [4.69, 9.17) is 5.26 Å². The Kier molecular flexibility index (Phi) is 4.24. The maximum Gasteiger partial charge on any atom is 0.127 e. The number of nitrogens with zero attached hydrogens (tertiary/aromatic N) is 2. The van der Waals surface area contributed by atoms with Gasteiger partial charge in [-0.2, -0.15) is 5.26 Å². The lowest BCUT2D eigenvalue weighted by atomic mass is 10.0. The van der Waals surface area contributed by atoms with E-state index in [-0.39, 0.29) is 0 Å². The van der Waals surface area contributed by atoms with Crippen molar-refractivity contribution in [2.75, 3.05) is 18.8 Å². The maximum atomic E-state index is 12.1. The summed E-state index contributed by atoms with van der Waals surface area (Å²) in [6.07, 6.45) is 3.65. The van der Waals surface area contributed by atoms with Crippen molar-refractivity contribution >= 4 is 10.8 Å². The van der Waals surface area contributed by atoms with Gasteiger partial charge in [0.05, 0.1) is 16.4 Å². The minimum absolute atomic E-state index is 0.507. The van der Waals surface area contributed by atoms with E-state index >= 15 is 0 Å². The van der Waals surface area contributed by atoms with Crippen LogP contribution in [0.25, 0.3) is 0 Å². The summed E-state index contributed by atoms with van der Waals surface area (Å²) in [6, 6.07) is 5.36. The Bertz CT molecular complexity index is 432. The van der Waals surface area contributed by atoms with E-state index < -0.39 is 10.8 Å². The van der Waals surface area contributed by atoms with Crippen LogP contribution in [0.15, 0.2) is 23.4 Å². The average molecular weight is 249 g/mol. The van der Waals surface area contributed by atoms with Crippen LogP contribution < -0.4 is 5.32 Å². The fraction of sp³-hybridized carbons (Fsp3) is 0.500. The van der Waals surface area contributed by atoms with Crippen LogP contribution in [0.4, 0.5) is 0 Å². The molecule has 1 aromatic heterocycles. The minimum Gasteiger partial charge on any atom is -0.317 e. The summed E-state index contributed by atoms with van der Waals surface area (Å²) in [4.78, 5) is 4.08. The molecule has 1 aliphatic rings. The zero-order chi connectivity index (χ0) is 12.1. The molecule has 0 saturated carbocycles. The van der Waals surface area contributed by atoms with Gasteiger partial charge < -0.3 is 5.32 Å². The van der Waals surface area contributed by atoms with Crippen LogP contribution >= 0.6 is 0 Å². The number of piperidine rings is 1. The van der Waals surface area contributed by atoms with Crippen molar-refractivity contribution in [3.05, 3.63) is 23.9 Å². The van der Waals surface area contributed by atoms with Crippen molar-refractivity contribution in [3.63, 3.8) is 0 Å². The molecule has 90 valence electrons. The van der Waals surface area contributed by atoms with Crippen LogP contribution in [-0.4, -0.2) is 28.0 Å². The summed E-state index contributed by atoms with van der Waals surface area (Å²) in [5.74, 6) is 1.20. The maximum absolute atomic E-state index is 12.1. The van der Waals surface area contributed by atoms with Crippen molar-refractivity contribution in [3.8, 4) is 6.07 Å². The Balaban J connectivity index is 1.96. The monoisotopic (exact) mass is 249 g/mol. The molecule has 4 nitrogen and oxygen atoms in total. The quantitative estimate of drug-likeness (QED) is 0.870. The summed E-state index contributed by atoms with van der Waals surface area (Å²) in [5, 5.41) is 12.5. The number of nitrogens with one attached hydrogen (secondary N) is 1. The number of hydrogen-bond acceptors (Lipinski definition) is 4. The van der Waals surface area contributed by atoms with Gasteiger partial charge in [0, 0.05) is 11.9 Å². The van der Waals surface area contributed by atoms with Gasteiger partial charge in [0.15, 0.2) is 0 Å². The van der Waals surface area contributed by atoms with Gasteiger partial charge >= 0.3 is 0 Å². The van der Waals surface area contributed by atoms with Crippen molar-refractivity contribution in [1.29, 1.82) is 5.26 Å². The Hall–Kier alpha value is -1.25. The van der Waals surface area contributed by atoms with Crippen LogP contribution in [-0.2, 0) is 10.8 Å². The number of nitriles is 1. The molecule has 0 aliphatic carbocycles. The number of aromatic nitrogens is 1. The molecule has 0 spiro atoms. The first-order chi connectivity index (χ1) is 8.29. The van der Waals surface area contributed by atoms with E-state index in [1.165, 1.54) is 6.20 Å². The summed E-state index contributed by atoms with van der Waals surface area (Å²) >= 11 is 0. The number of rotatable bonds is 3. The molecule has 1 saturated heterocycles. The summed E-state index contributed by atoms with van der Waals surface area (Å²) in [6.45, 7) is 2.03. The highest BCUT2D eigenvalue weighted by molar-refractivity contribution is 7.84. The van der Waals surface area contributed by atoms with E-state index in [1.54, 1.807) is 12.1 Å². The zero-order valence-corrected chi connectivity index (χ0v) is 10.4. The highest BCUT2D eigenvalue weighted by Crippen LogP contribution is 2.16. The summed E-state index contributed by atoms with van der Waals surface area (Å²) in [5.41, 5.74) is 0.507. The van der Waals surface area contributed by atoms with E-state index in [0.717, 1.165) is 25.9 Å². The van der Waals surface area contributed by atoms with E-state index in [9.17, 15) is 4.21 Å². The summed E-state index contributed by atoms with van der Waals surface area (Å²) < 4.78 is 12.1. The second-order valence-corrected chi connectivity index (χ2v) is 5.65. The molecule has 5 heteroatoms. The molecule has 0 radical (unpaired) electrons. The van der Waals surface area contributed by atoms with Gasteiger partial charge in [-0.05, 0) is 44.0 Å². The number of pyridine rings is 1. The Morgan fingerprint density at radius 1 is 1.47 bits per heavy atom. The smallest absolute Gasteiger partial charge is 0.127 e. The third-order valence-corrected chi connectivity index (χ3v) is 4.43. The zero-order valence-electron chi connectivity index (χ0n) is 9.56. The van der Waals surface area contributed by atoms with Crippen LogP contribution in [0.1, 0.15) is 18.4 Å². The SMILES string of the molecule is N#Cc1ccc([S@](=O)CC2CCNCC2)nc1. The molecule has 0 bridgehead atoms. The normalized spacial score (nSPS) is 18.5. The summed E-state index contributed by atoms with van der Waals surface area (Å²) in [7, 11) is -1.04. The first kappa shape index (κ1) is 12.2. The molecule has 1 aliphatic heterocycles. The van der Waals surface area contributed by atoms with Gasteiger partial charge in [0.1, 0.15) is 11.1 Å². The lowest BCUT2D eigenvalue weighted by Gasteiger charge is -2.21. The molecule has 1 atom stereocenters. The Morgan fingerprint density at radius 3 is 2.82 bits per heavy atom. The molecular weight excluding hydrogens is 234 g/mol. The lowest BCUT2D eigenvalue weighted by molar-refractivity contribution is 0.405. The first-order valence-corrected chi connectivity index (χ1v) is 7.07. The average Bonchev–Trinajstić information content (AvgIpc) is 2.40. The van der Waals surface area contributed by atoms with Crippen LogP contribution in [0.2, 0.25) is 0 Å². The fourth-order valence-corrected chi connectivity index (χ4v) is 3.25. The predicted molar refractivity (Wildman–Crippen MR) is 65.8 cm³/mol. The van der Waals surface area contributed by atoms with Crippen molar-refractivity contribution < 1.29 is 4.21 Å².